The predicted molar refractivity (Wildman–Crippen MR) is 134 cm³/mol. The zero-order valence-corrected chi connectivity index (χ0v) is 20.6. The molecular weight excluding hydrogens is 514 g/mol. The molecule has 3 aromatic rings. The molecule has 2 N–H and O–H groups in total. The molecule has 0 fully saturated rings. The summed E-state index contributed by atoms with van der Waals surface area (Å²) >= 11 is 3.45. The third kappa shape index (κ3) is 3.58. The van der Waals surface area contributed by atoms with Crippen molar-refractivity contribution in [2.24, 2.45) is 5.73 Å². The average Bonchev–Trinajstić information content (AvgIpc) is 2.82. The summed E-state index contributed by atoms with van der Waals surface area (Å²) in [7, 11) is -4.09. The summed E-state index contributed by atoms with van der Waals surface area (Å²) < 4.78 is 36.4. The number of aryl methyl sites for hydroxylation is 1. The van der Waals surface area contributed by atoms with Crippen molar-refractivity contribution in [1.29, 1.82) is 5.26 Å². The Morgan fingerprint density at radius 1 is 1.09 bits per heavy atom. The van der Waals surface area contributed by atoms with Crippen LogP contribution in [0.3, 0.4) is 0 Å². The first-order chi connectivity index (χ1) is 16.3. The summed E-state index contributed by atoms with van der Waals surface area (Å²) in [6.45, 7) is 2.12. The third-order valence-electron chi connectivity index (χ3n) is 5.99. The van der Waals surface area contributed by atoms with Gasteiger partial charge in [0.05, 0.1) is 18.2 Å². The molecule has 6 nitrogen and oxygen atoms in total. The molecule has 0 amide bonds. The van der Waals surface area contributed by atoms with Crippen LogP contribution < -0.4 is 10.0 Å². The number of allylic oxidation sites excluding steroid dienone is 2. The normalized spacial score (nSPS) is 18.6. The van der Waals surface area contributed by atoms with E-state index in [0.717, 1.165) is 15.6 Å². The van der Waals surface area contributed by atoms with E-state index in [1.165, 1.54) is 4.31 Å². The zero-order valence-electron chi connectivity index (χ0n) is 18.2. The lowest BCUT2D eigenvalue weighted by atomic mass is 9.88. The number of halogens is 1. The number of anilines is 1. The van der Waals surface area contributed by atoms with Gasteiger partial charge in [0.15, 0.2) is 5.76 Å². The lowest BCUT2D eigenvalue weighted by Crippen LogP contribution is -2.39. The van der Waals surface area contributed by atoms with Crippen LogP contribution in [0, 0.1) is 18.3 Å². The Morgan fingerprint density at radius 2 is 1.82 bits per heavy atom. The Hall–Kier alpha value is -3.54. The van der Waals surface area contributed by atoms with Crippen LogP contribution in [-0.4, -0.2) is 8.42 Å². The van der Waals surface area contributed by atoms with Gasteiger partial charge in [-0.3, -0.25) is 4.31 Å². The van der Waals surface area contributed by atoms with E-state index in [1.54, 1.807) is 30.3 Å². The molecule has 170 valence electrons. The van der Waals surface area contributed by atoms with E-state index in [4.69, 9.17) is 10.5 Å². The topological polar surface area (TPSA) is 96.4 Å². The Labute approximate surface area is 206 Å². The molecule has 2 aliphatic rings. The SMILES string of the molecule is Cc1ccc(CN2c3ccccc3C3=C([C@H](c4cccc(Br)c4)C(C#N)=C(N)O3)S2(=O)=O)cc1. The van der Waals surface area contributed by atoms with Gasteiger partial charge in [0, 0.05) is 10.0 Å². The highest BCUT2D eigenvalue weighted by Gasteiger charge is 2.47. The number of rotatable bonds is 3. The highest BCUT2D eigenvalue weighted by atomic mass is 79.9. The maximum atomic E-state index is 14.2. The second kappa shape index (κ2) is 8.35. The lowest BCUT2D eigenvalue weighted by molar-refractivity contribution is 0.357. The van der Waals surface area contributed by atoms with Gasteiger partial charge in [-0.1, -0.05) is 70.0 Å². The van der Waals surface area contributed by atoms with Crippen molar-refractivity contribution in [3.8, 4) is 6.07 Å². The van der Waals surface area contributed by atoms with Gasteiger partial charge in [-0.25, -0.2) is 8.42 Å². The fraction of sp³-hybridized carbons (Fsp3) is 0.115. The molecule has 2 aliphatic heterocycles. The van der Waals surface area contributed by atoms with Crippen LogP contribution in [0.15, 0.2) is 93.6 Å². The van der Waals surface area contributed by atoms with Crippen molar-refractivity contribution in [3.63, 3.8) is 0 Å². The van der Waals surface area contributed by atoms with E-state index in [-0.39, 0.29) is 28.7 Å². The Bertz CT molecular complexity index is 1520. The maximum Gasteiger partial charge on any atom is 0.265 e. The summed E-state index contributed by atoms with van der Waals surface area (Å²) in [4.78, 5) is 0.0159. The van der Waals surface area contributed by atoms with Crippen LogP contribution in [-0.2, 0) is 21.3 Å². The van der Waals surface area contributed by atoms with E-state index in [9.17, 15) is 13.7 Å². The van der Waals surface area contributed by atoms with Gasteiger partial charge in [-0.05, 0) is 42.3 Å². The zero-order chi connectivity index (χ0) is 24.0. The van der Waals surface area contributed by atoms with Gasteiger partial charge in [0.25, 0.3) is 10.0 Å². The average molecular weight is 534 g/mol. The van der Waals surface area contributed by atoms with Crippen LogP contribution >= 0.6 is 15.9 Å². The van der Waals surface area contributed by atoms with E-state index < -0.39 is 15.9 Å². The van der Waals surface area contributed by atoms with Crippen molar-refractivity contribution in [2.75, 3.05) is 4.31 Å². The molecule has 0 saturated heterocycles. The largest absolute Gasteiger partial charge is 0.439 e. The van der Waals surface area contributed by atoms with Gasteiger partial charge < -0.3 is 10.5 Å². The second-order valence-electron chi connectivity index (χ2n) is 8.19. The summed E-state index contributed by atoms with van der Waals surface area (Å²) in [6.07, 6.45) is 0. The van der Waals surface area contributed by atoms with Crippen LogP contribution in [0.5, 0.6) is 0 Å². The van der Waals surface area contributed by atoms with E-state index in [2.05, 4.69) is 22.0 Å². The number of nitriles is 1. The molecule has 0 aromatic heterocycles. The number of para-hydroxylation sites is 1. The minimum absolute atomic E-state index is 0.0159. The maximum absolute atomic E-state index is 14.2. The van der Waals surface area contributed by atoms with Gasteiger partial charge >= 0.3 is 0 Å². The number of hydrogen-bond acceptors (Lipinski definition) is 5. The van der Waals surface area contributed by atoms with Crippen molar-refractivity contribution in [3.05, 3.63) is 116 Å². The minimum Gasteiger partial charge on any atom is -0.439 e. The fourth-order valence-electron chi connectivity index (χ4n) is 4.36. The first-order valence-electron chi connectivity index (χ1n) is 10.6. The highest BCUT2D eigenvalue weighted by molar-refractivity contribution is 9.10. The number of ether oxygens (including phenoxy) is 1. The lowest BCUT2D eigenvalue weighted by Gasteiger charge is -2.38. The smallest absolute Gasteiger partial charge is 0.265 e. The van der Waals surface area contributed by atoms with Crippen molar-refractivity contribution in [1.82, 2.24) is 0 Å². The number of nitrogens with zero attached hydrogens (tertiary/aromatic N) is 2. The summed E-state index contributed by atoms with van der Waals surface area (Å²) in [5.41, 5.74) is 9.90. The second-order valence-corrected chi connectivity index (χ2v) is 10.9. The first-order valence-corrected chi connectivity index (χ1v) is 12.8. The Balaban J connectivity index is 1.76. The molecule has 34 heavy (non-hydrogen) atoms. The Morgan fingerprint density at radius 3 is 2.53 bits per heavy atom. The number of sulfonamides is 1. The van der Waals surface area contributed by atoms with E-state index >= 15 is 0 Å². The van der Waals surface area contributed by atoms with Crippen LogP contribution in [0.25, 0.3) is 5.76 Å². The van der Waals surface area contributed by atoms with Crippen molar-refractivity contribution < 1.29 is 13.2 Å². The number of benzene rings is 3. The van der Waals surface area contributed by atoms with E-state index in [0.29, 0.717) is 16.8 Å². The molecule has 0 saturated carbocycles. The van der Waals surface area contributed by atoms with Crippen LogP contribution in [0.1, 0.15) is 28.2 Å². The molecule has 0 radical (unpaired) electrons. The van der Waals surface area contributed by atoms with Crippen molar-refractivity contribution in [2.45, 2.75) is 19.4 Å². The third-order valence-corrected chi connectivity index (χ3v) is 8.36. The predicted octanol–water partition coefficient (Wildman–Crippen LogP) is 5.28. The molecule has 0 aliphatic carbocycles. The van der Waals surface area contributed by atoms with Gasteiger partial charge in [0.1, 0.15) is 16.5 Å². The molecule has 5 rings (SSSR count). The number of hydrogen-bond donors (Lipinski definition) is 1. The van der Waals surface area contributed by atoms with Crippen LogP contribution in [0.2, 0.25) is 0 Å². The van der Waals surface area contributed by atoms with Gasteiger partial charge in [0.2, 0.25) is 5.88 Å². The Kier molecular flexibility index (Phi) is 5.47. The fourth-order valence-corrected chi connectivity index (χ4v) is 6.69. The minimum atomic E-state index is -4.09. The highest BCUT2D eigenvalue weighted by Crippen LogP contribution is 2.51. The molecule has 0 spiro atoms. The molecule has 0 unspecified atom stereocenters. The van der Waals surface area contributed by atoms with Gasteiger partial charge in [-0.2, -0.15) is 5.26 Å². The number of fused-ring (bicyclic) bond motifs is 2. The molecule has 1 atom stereocenters. The monoisotopic (exact) mass is 533 g/mol. The summed E-state index contributed by atoms with van der Waals surface area (Å²) in [6, 6.07) is 24.2. The van der Waals surface area contributed by atoms with Gasteiger partial charge in [-0.15, -0.1) is 0 Å². The first kappa shape index (κ1) is 22.3. The molecule has 3 aromatic carbocycles. The number of nitrogens with two attached hydrogens (primary N) is 1. The molecule has 0 bridgehead atoms. The summed E-state index contributed by atoms with van der Waals surface area (Å²) in [5, 5.41) is 9.93. The molecular formula is C26H20BrN3O3S. The standard InChI is InChI=1S/C26H20BrN3O3S/c1-16-9-11-17(12-10-16)15-30-22-8-3-2-7-20(22)24-25(34(30,31)32)23(21(14-28)26(29)33-24)18-5-4-6-19(27)13-18/h2-13,23H,15,29H2,1H3/t23-/m1/s1. The van der Waals surface area contributed by atoms with Crippen molar-refractivity contribution >= 4 is 37.4 Å². The quantitative estimate of drug-likeness (QED) is 0.493. The molecule has 8 heteroatoms. The van der Waals surface area contributed by atoms with Crippen LogP contribution in [0.4, 0.5) is 5.69 Å². The van der Waals surface area contributed by atoms with E-state index in [1.807, 2.05) is 49.4 Å². The summed E-state index contributed by atoms with van der Waals surface area (Å²) in [5.74, 6) is -0.828. The molecule has 2 heterocycles.